The van der Waals surface area contributed by atoms with E-state index in [0.29, 0.717) is 18.5 Å². The molecule has 3 rings (SSSR count). The number of rotatable bonds is 2. The van der Waals surface area contributed by atoms with Gasteiger partial charge in [0, 0.05) is 0 Å². The summed E-state index contributed by atoms with van der Waals surface area (Å²) in [6.07, 6.45) is 2.78. The van der Waals surface area contributed by atoms with Crippen molar-refractivity contribution in [3.05, 3.63) is 29.8 Å². The lowest BCUT2D eigenvalue weighted by atomic mass is 9.66. The number of benzene rings is 1. The third kappa shape index (κ3) is 1.66. The Morgan fingerprint density at radius 2 is 1.80 bits per heavy atom. The van der Waals surface area contributed by atoms with Crippen molar-refractivity contribution in [1.29, 1.82) is 0 Å². The van der Waals surface area contributed by atoms with Crippen LogP contribution >= 0.6 is 0 Å². The highest BCUT2D eigenvalue weighted by Crippen LogP contribution is 2.45. The number of imide groups is 2. The number of carbonyl (C=O) groups is 3. The van der Waals surface area contributed by atoms with Crippen molar-refractivity contribution in [3.63, 3.8) is 0 Å². The van der Waals surface area contributed by atoms with Crippen molar-refractivity contribution in [2.24, 2.45) is 5.41 Å². The molecule has 104 valence electrons. The van der Waals surface area contributed by atoms with Gasteiger partial charge in [-0.15, -0.1) is 0 Å². The smallest absolute Gasteiger partial charge is 0.276 e. The highest BCUT2D eigenvalue weighted by atomic mass is 16.2. The molecule has 0 atom stereocenters. The zero-order valence-electron chi connectivity index (χ0n) is 11.3. The molecule has 1 spiro atoms. The number of amides is 4. The number of hydrogen-bond donors (Lipinski definition) is 1. The quantitative estimate of drug-likeness (QED) is 0.837. The molecular formula is C15H16N2O3. The highest BCUT2D eigenvalue weighted by Gasteiger charge is 2.57. The van der Waals surface area contributed by atoms with Crippen LogP contribution in [0, 0.1) is 5.41 Å². The summed E-state index contributed by atoms with van der Waals surface area (Å²) in [6.45, 7) is 2.04. The second kappa shape index (κ2) is 4.44. The highest BCUT2D eigenvalue weighted by molar-refractivity contribution is 6.30. The van der Waals surface area contributed by atoms with E-state index in [1.807, 2.05) is 19.1 Å². The van der Waals surface area contributed by atoms with Crippen LogP contribution in [0.3, 0.4) is 0 Å². The molecule has 5 heteroatoms. The minimum atomic E-state index is -1.02. The normalized spacial score (nSPS) is 20.9. The van der Waals surface area contributed by atoms with E-state index in [1.54, 1.807) is 12.1 Å². The van der Waals surface area contributed by atoms with Gasteiger partial charge in [-0.25, -0.2) is 9.69 Å². The predicted molar refractivity (Wildman–Crippen MR) is 73.1 cm³/mol. The van der Waals surface area contributed by atoms with Crippen LogP contribution in [0.4, 0.5) is 10.5 Å². The molecule has 1 saturated carbocycles. The molecule has 1 aliphatic heterocycles. The summed E-state index contributed by atoms with van der Waals surface area (Å²) in [4.78, 5) is 37.5. The van der Waals surface area contributed by atoms with E-state index in [0.717, 1.165) is 23.3 Å². The Kier molecular flexibility index (Phi) is 2.85. The van der Waals surface area contributed by atoms with Crippen LogP contribution in [0.15, 0.2) is 24.3 Å². The summed E-state index contributed by atoms with van der Waals surface area (Å²) in [5.41, 5.74) is 0.633. The molecule has 0 unspecified atom stereocenters. The fourth-order valence-electron chi connectivity index (χ4n) is 2.76. The van der Waals surface area contributed by atoms with Gasteiger partial charge in [0.2, 0.25) is 5.91 Å². The van der Waals surface area contributed by atoms with Crippen LogP contribution < -0.4 is 10.2 Å². The molecule has 1 heterocycles. The molecule has 1 aliphatic carbocycles. The minimum absolute atomic E-state index is 0.387. The lowest BCUT2D eigenvalue weighted by molar-refractivity contribution is -0.148. The van der Waals surface area contributed by atoms with Crippen molar-refractivity contribution in [1.82, 2.24) is 5.32 Å². The monoisotopic (exact) mass is 272 g/mol. The second-order valence-electron chi connectivity index (χ2n) is 5.36. The molecule has 2 fully saturated rings. The van der Waals surface area contributed by atoms with Crippen molar-refractivity contribution in [2.45, 2.75) is 32.6 Å². The molecule has 4 amide bonds. The summed E-state index contributed by atoms with van der Waals surface area (Å²) in [7, 11) is 0. The van der Waals surface area contributed by atoms with Crippen molar-refractivity contribution >= 4 is 23.5 Å². The minimum Gasteiger partial charge on any atom is -0.276 e. The maximum atomic E-state index is 12.5. The van der Waals surface area contributed by atoms with Crippen LogP contribution in [0.5, 0.6) is 0 Å². The lowest BCUT2D eigenvalue weighted by Crippen LogP contribution is -2.66. The van der Waals surface area contributed by atoms with Crippen LogP contribution in [-0.2, 0) is 16.0 Å². The summed E-state index contributed by atoms with van der Waals surface area (Å²) in [5, 5.41) is 2.31. The van der Waals surface area contributed by atoms with Crippen LogP contribution in [0.2, 0.25) is 0 Å². The number of urea groups is 1. The summed E-state index contributed by atoms with van der Waals surface area (Å²) < 4.78 is 0. The average Bonchev–Trinajstić information content (AvgIpc) is 2.37. The van der Waals surface area contributed by atoms with Gasteiger partial charge in [-0.3, -0.25) is 14.9 Å². The maximum absolute atomic E-state index is 12.5. The SMILES string of the molecule is CCc1ccc(N2C(=O)NC(=O)C3(CCC3)C2=O)cc1. The summed E-state index contributed by atoms with van der Waals surface area (Å²) in [6, 6.07) is 6.62. The topological polar surface area (TPSA) is 66.5 Å². The standard InChI is InChI=1S/C15H16N2O3/c1-2-10-4-6-11(7-5-10)17-13(19)15(8-3-9-15)12(18)16-14(17)20/h4-7H,2-3,8-9H2,1H3,(H,16,18,20). The molecule has 1 aromatic rings. The molecule has 1 saturated heterocycles. The lowest BCUT2D eigenvalue weighted by Gasteiger charge is -2.44. The summed E-state index contributed by atoms with van der Waals surface area (Å²) >= 11 is 0. The van der Waals surface area contributed by atoms with E-state index in [-0.39, 0.29) is 5.91 Å². The first kappa shape index (κ1) is 12.8. The fraction of sp³-hybridized carbons (Fsp3) is 0.400. The van der Waals surface area contributed by atoms with Crippen molar-refractivity contribution < 1.29 is 14.4 Å². The van der Waals surface area contributed by atoms with Crippen LogP contribution in [-0.4, -0.2) is 17.8 Å². The number of carbonyl (C=O) groups excluding carboxylic acids is 3. The van der Waals surface area contributed by atoms with Crippen LogP contribution in [0.1, 0.15) is 31.7 Å². The van der Waals surface area contributed by atoms with Gasteiger partial charge in [-0.2, -0.15) is 0 Å². The Bertz CT molecular complexity index is 588. The zero-order chi connectivity index (χ0) is 14.3. The number of aryl methyl sites for hydroxylation is 1. The third-order valence-corrected chi connectivity index (χ3v) is 4.28. The maximum Gasteiger partial charge on any atom is 0.335 e. The Balaban J connectivity index is 1.96. The number of barbiturate groups is 1. The Labute approximate surface area is 116 Å². The van der Waals surface area contributed by atoms with Gasteiger partial charge in [0.25, 0.3) is 5.91 Å². The van der Waals surface area contributed by atoms with Gasteiger partial charge >= 0.3 is 6.03 Å². The average molecular weight is 272 g/mol. The Morgan fingerprint density at radius 1 is 1.15 bits per heavy atom. The van der Waals surface area contributed by atoms with Crippen molar-refractivity contribution in [2.75, 3.05) is 4.90 Å². The third-order valence-electron chi connectivity index (χ3n) is 4.28. The van der Waals surface area contributed by atoms with Gasteiger partial charge in [0.05, 0.1) is 5.69 Å². The van der Waals surface area contributed by atoms with E-state index < -0.39 is 17.4 Å². The molecule has 20 heavy (non-hydrogen) atoms. The molecule has 1 N–H and O–H groups in total. The largest absolute Gasteiger partial charge is 0.335 e. The first-order valence-corrected chi connectivity index (χ1v) is 6.87. The molecule has 1 aromatic carbocycles. The van der Waals surface area contributed by atoms with Crippen LogP contribution in [0.25, 0.3) is 0 Å². The molecular weight excluding hydrogens is 256 g/mol. The van der Waals surface area contributed by atoms with Gasteiger partial charge in [-0.05, 0) is 37.0 Å². The van der Waals surface area contributed by atoms with Gasteiger partial charge in [0.15, 0.2) is 0 Å². The van der Waals surface area contributed by atoms with Gasteiger partial charge in [0.1, 0.15) is 5.41 Å². The number of anilines is 1. The molecule has 0 bridgehead atoms. The Morgan fingerprint density at radius 3 is 2.30 bits per heavy atom. The Hall–Kier alpha value is -2.17. The van der Waals surface area contributed by atoms with E-state index in [1.165, 1.54) is 0 Å². The van der Waals surface area contributed by atoms with E-state index >= 15 is 0 Å². The molecule has 0 radical (unpaired) electrons. The van der Waals surface area contributed by atoms with Crippen molar-refractivity contribution in [3.8, 4) is 0 Å². The number of nitrogens with one attached hydrogen (secondary N) is 1. The molecule has 5 nitrogen and oxygen atoms in total. The zero-order valence-corrected chi connectivity index (χ0v) is 11.3. The first-order chi connectivity index (χ1) is 9.58. The number of hydrogen-bond acceptors (Lipinski definition) is 3. The van der Waals surface area contributed by atoms with E-state index in [9.17, 15) is 14.4 Å². The molecule has 0 aromatic heterocycles. The summed E-state index contributed by atoms with van der Waals surface area (Å²) in [5.74, 6) is -0.832. The van der Waals surface area contributed by atoms with E-state index in [2.05, 4.69) is 5.32 Å². The van der Waals surface area contributed by atoms with E-state index in [4.69, 9.17) is 0 Å². The first-order valence-electron chi connectivity index (χ1n) is 6.87. The second-order valence-corrected chi connectivity index (χ2v) is 5.36. The predicted octanol–water partition coefficient (Wildman–Crippen LogP) is 2.00. The fourth-order valence-corrected chi connectivity index (χ4v) is 2.76. The number of nitrogens with zero attached hydrogens (tertiary/aromatic N) is 1. The molecule has 2 aliphatic rings. The van der Waals surface area contributed by atoms with Gasteiger partial charge in [-0.1, -0.05) is 25.5 Å². The van der Waals surface area contributed by atoms with Gasteiger partial charge < -0.3 is 0 Å².